The summed E-state index contributed by atoms with van der Waals surface area (Å²) in [7, 11) is 0. The zero-order valence-corrected chi connectivity index (χ0v) is 7.27. The van der Waals surface area contributed by atoms with E-state index in [9.17, 15) is 8.53 Å². The molecule has 0 saturated heterocycles. The van der Waals surface area contributed by atoms with Crippen molar-refractivity contribution in [2.75, 3.05) is 0 Å². The fraction of sp³-hybridized carbons (Fsp3) is 0.750. The van der Waals surface area contributed by atoms with Crippen LogP contribution in [0.3, 0.4) is 0 Å². The van der Waals surface area contributed by atoms with E-state index in [4.69, 9.17) is 13.3 Å². The monoisotopic (exact) mass is 212 g/mol. The van der Waals surface area contributed by atoms with Gasteiger partial charge >= 0.3 is 60.0 Å². The van der Waals surface area contributed by atoms with E-state index in [1.807, 2.05) is 0 Å². The Balaban J connectivity index is 4.38. The summed E-state index contributed by atoms with van der Waals surface area (Å²) in [5.41, 5.74) is 0. The van der Waals surface area contributed by atoms with Crippen molar-refractivity contribution in [2.24, 2.45) is 0 Å². The van der Waals surface area contributed by atoms with Crippen molar-refractivity contribution in [2.45, 2.75) is 18.1 Å². The first kappa shape index (κ1) is 9.75. The first-order valence-corrected chi connectivity index (χ1v) is 6.20. The van der Waals surface area contributed by atoms with Gasteiger partial charge < -0.3 is 0 Å². The van der Waals surface area contributed by atoms with Crippen molar-refractivity contribution in [3.63, 3.8) is 0 Å². The molecule has 0 aromatic carbocycles. The van der Waals surface area contributed by atoms with Crippen molar-refractivity contribution in [1.82, 2.24) is 0 Å². The molecule has 0 saturated carbocycles. The zero-order chi connectivity index (χ0) is 8.36. The van der Waals surface area contributed by atoms with Crippen LogP contribution in [0.15, 0.2) is 0 Å². The second-order valence-corrected chi connectivity index (χ2v) is 5.63. The molecule has 0 fully saturated rings. The summed E-state index contributed by atoms with van der Waals surface area (Å²) < 4.78 is 25.8. The molecule has 1 unspecified atom stereocenters. The summed E-state index contributed by atoms with van der Waals surface area (Å²) in [6.45, 7) is 1.43. The van der Waals surface area contributed by atoms with E-state index in [0.717, 1.165) is 0 Å². The Kier molecular flexibility index (Phi) is 3.15. The van der Waals surface area contributed by atoms with Gasteiger partial charge in [0.1, 0.15) is 0 Å². The Hall–Kier alpha value is -0.252. The van der Waals surface area contributed by atoms with Crippen LogP contribution in [0.5, 0.6) is 0 Å². The van der Waals surface area contributed by atoms with Gasteiger partial charge in [0.2, 0.25) is 0 Å². The standard InChI is InChI=1S/C4H9AsO5/c1-2-3(4(6)7)5(8,9)10/h3H,2H2,1H3,(H,6,7)(H2,8,9,10). The summed E-state index contributed by atoms with van der Waals surface area (Å²) in [5.74, 6) is -1.42. The topological polar surface area (TPSA) is 94.8 Å². The van der Waals surface area contributed by atoms with Gasteiger partial charge in [-0.3, -0.25) is 0 Å². The molecular weight excluding hydrogens is 203 g/mol. The van der Waals surface area contributed by atoms with E-state index in [2.05, 4.69) is 0 Å². The van der Waals surface area contributed by atoms with Gasteiger partial charge in [0.05, 0.1) is 0 Å². The number of aliphatic carboxylic acids is 1. The average molecular weight is 212 g/mol. The summed E-state index contributed by atoms with van der Waals surface area (Å²) in [6, 6.07) is 0. The van der Waals surface area contributed by atoms with E-state index < -0.39 is 24.8 Å². The molecule has 0 rings (SSSR count). The minimum atomic E-state index is -5.02. The number of carbonyl (C=O) groups is 1. The number of rotatable bonds is 3. The SMILES string of the molecule is CCC(C(=O)O)[As](=O)(O)O. The van der Waals surface area contributed by atoms with Crippen LogP contribution in [0.2, 0.25) is 4.71 Å². The number of hydrogen-bond acceptors (Lipinski definition) is 2. The van der Waals surface area contributed by atoms with Crippen molar-refractivity contribution < 1.29 is 21.8 Å². The average Bonchev–Trinajstić information content (AvgIpc) is 1.60. The molecule has 0 heterocycles. The molecule has 1 atom stereocenters. The molecule has 0 aromatic rings. The summed E-state index contributed by atoms with van der Waals surface area (Å²) in [4.78, 5) is 10.1. The van der Waals surface area contributed by atoms with Crippen LogP contribution in [-0.4, -0.2) is 33.4 Å². The molecule has 0 amide bonds. The maximum absolute atomic E-state index is 10.4. The van der Waals surface area contributed by atoms with Crippen molar-refractivity contribution >= 4 is 20.1 Å². The fourth-order valence-electron chi connectivity index (χ4n) is 0.556. The second-order valence-electron chi connectivity index (χ2n) is 1.85. The van der Waals surface area contributed by atoms with Gasteiger partial charge in [0, 0.05) is 0 Å². The molecule has 0 aromatic heterocycles. The van der Waals surface area contributed by atoms with Crippen LogP contribution in [-0.2, 0) is 8.53 Å². The minimum absolute atomic E-state index is 0.0289. The van der Waals surface area contributed by atoms with E-state index >= 15 is 0 Å². The van der Waals surface area contributed by atoms with Crippen LogP contribution < -0.4 is 0 Å². The van der Waals surface area contributed by atoms with E-state index in [-0.39, 0.29) is 6.42 Å². The Morgan fingerprint density at radius 3 is 2.00 bits per heavy atom. The van der Waals surface area contributed by atoms with Crippen LogP contribution in [0, 0.1) is 0 Å². The van der Waals surface area contributed by atoms with Crippen LogP contribution >= 0.6 is 0 Å². The van der Waals surface area contributed by atoms with Gasteiger partial charge in [0.25, 0.3) is 0 Å². The summed E-state index contributed by atoms with van der Waals surface area (Å²) in [6.07, 6.45) is -0.0289. The Morgan fingerprint density at radius 2 is 2.00 bits per heavy atom. The third-order valence-corrected chi connectivity index (χ3v) is 4.01. The normalized spacial score (nSPS) is 14.7. The van der Waals surface area contributed by atoms with Crippen LogP contribution in [0.25, 0.3) is 0 Å². The van der Waals surface area contributed by atoms with Crippen molar-refractivity contribution in [1.29, 1.82) is 0 Å². The molecule has 60 valence electrons. The predicted octanol–water partition coefficient (Wildman–Crippen LogP) is -0.795. The molecule has 6 heteroatoms. The number of hydrogen-bond donors (Lipinski definition) is 3. The van der Waals surface area contributed by atoms with E-state index in [1.165, 1.54) is 6.92 Å². The van der Waals surface area contributed by atoms with E-state index in [1.54, 1.807) is 0 Å². The first-order chi connectivity index (χ1) is 4.39. The van der Waals surface area contributed by atoms with Crippen LogP contribution in [0.1, 0.15) is 13.3 Å². The Morgan fingerprint density at radius 1 is 1.60 bits per heavy atom. The second kappa shape index (κ2) is 3.23. The van der Waals surface area contributed by atoms with Gasteiger partial charge in [-0.05, 0) is 0 Å². The van der Waals surface area contributed by atoms with Crippen LogP contribution in [0.4, 0.5) is 0 Å². The van der Waals surface area contributed by atoms with Gasteiger partial charge in [-0.1, -0.05) is 0 Å². The van der Waals surface area contributed by atoms with Crippen molar-refractivity contribution in [3.05, 3.63) is 0 Å². The molecular formula is C4H9AsO5. The fourth-order valence-corrected chi connectivity index (χ4v) is 2.16. The predicted molar refractivity (Wildman–Crippen MR) is 32.6 cm³/mol. The molecule has 0 bridgehead atoms. The molecule has 0 aliphatic rings. The quantitative estimate of drug-likeness (QED) is 0.532. The van der Waals surface area contributed by atoms with Gasteiger partial charge in [0.15, 0.2) is 0 Å². The zero-order valence-electron chi connectivity index (χ0n) is 5.39. The third-order valence-electron chi connectivity index (χ3n) is 1.08. The molecule has 3 N–H and O–H groups in total. The summed E-state index contributed by atoms with van der Waals surface area (Å²) >= 11 is -5.02. The molecule has 0 aliphatic heterocycles. The van der Waals surface area contributed by atoms with Crippen molar-refractivity contribution in [3.8, 4) is 0 Å². The van der Waals surface area contributed by atoms with Gasteiger partial charge in [-0.15, -0.1) is 0 Å². The van der Waals surface area contributed by atoms with Gasteiger partial charge in [-0.2, -0.15) is 0 Å². The molecule has 0 radical (unpaired) electrons. The maximum atomic E-state index is 10.4. The summed E-state index contributed by atoms with van der Waals surface area (Å²) in [5, 5.41) is 8.23. The first-order valence-electron chi connectivity index (χ1n) is 2.67. The molecule has 5 nitrogen and oxygen atoms in total. The van der Waals surface area contributed by atoms with Gasteiger partial charge in [-0.25, -0.2) is 0 Å². The Bertz CT molecular complexity index is 170. The molecule has 10 heavy (non-hydrogen) atoms. The molecule has 0 aliphatic carbocycles. The number of carboxylic acids is 1. The van der Waals surface area contributed by atoms with E-state index in [0.29, 0.717) is 0 Å². The number of carboxylic acid groups (broad SMARTS) is 1. The third kappa shape index (κ3) is 2.56. The Labute approximate surface area is 60.7 Å². The molecule has 0 spiro atoms.